The maximum absolute atomic E-state index is 13.1. The Morgan fingerprint density at radius 1 is 1.42 bits per heavy atom. The minimum absolute atomic E-state index is 0.109. The van der Waals surface area contributed by atoms with Gasteiger partial charge in [-0.15, -0.1) is 0 Å². The molecule has 1 aromatic carbocycles. The molecule has 1 aliphatic carbocycles. The molecule has 1 aliphatic rings. The SMILES string of the molecule is CC1(C(O)C(CN)c2ccc(F)cc2Cl)CCCC1. The van der Waals surface area contributed by atoms with Gasteiger partial charge in [0, 0.05) is 17.5 Å². The summed E-state index contributed by atoms with van der Waals surface area (Å²) in [6.07, 6.45) is 3.75. The number of hydrogen-bond donors (Lipinski definition) is 2. The highest BCUT2D eigenvalue weighted by Gasteiger charge is 2.40. The van der Waals surface area contributed by atoms with E-state index in [0.717, 1.165) is 31.2 Å². The van der Waals surface area contributed by atoms with Crippen molar-refractivity contribution in [2.45, 2.75) is 44.6 Å². The molecule has 1 fully saturated rings. The monoisotopic (exact) mass is 285 g/mol. The maximum atomic E-state index is 13.1. The highest BCUT2D eigenvalue weighted by molar-refractivity contribution is 6.31. The molecule has 2 unspecified atom stereocenters. The molecule has 3 N–H and O–H groups in total. The van der Waals surface area contributed by atoms with Crippen LogP contribution in [0.15, 0.2) is 18.2 Å². The molecule has 1 saturated carbocycles. The van der Waals surface area contributed by atoms with Crippen molar-refractivity contribution in [3.05, 3.63) is 34.6 Å². The van der Waals surface area contributed by atoms with Gasteiger partial charge in [0.1, 0.15) is 5.82 Å². The Kier molecular flexibility index (Phi) is 4.49. The lowest BCUT2D eigenvalue weighted by Gasteiger charge is -2.36. The van der Waals surface area contributed by atoms with Crippen LogP contribution >= 0.6 is 11.6 Å². The molecule has 0 heterocycles. The summed E-state index contributed by atoms with van der Waals surface area (Å²) in [6.45, 7) is 2.41. The Labute approximate surface area is 118 Å². The van der Waals surface area contributed by atoms with Crippen molar-refractivity contribution in [3.63, 3.8) is 0 Å². The van der Waals surface area contributed by atoms with Gasteiger partial charge in [-0.05, 0) is 36.0 Å². The van der Waals surface area contributed by atoms with E-state index in [1.54, 1.807) is 6.07 Å². The average molecular weight is 286 g/mol. The number of halogens is 2. The second-order valence-corrected chi connectivity index (χ2v) is 6.22. The van der Waals surface area contributed by atoms with Gasteiger partial charge in [-0.1, -0.05) is 37.4 Å². The van der Waals surface area contributed by atoms with Crippen LogP contribution in [0.2, 0.25) is 5.02 Å². The van der Waals surface area contributed by atoms with Crippen molar-refractivity contribution < 1.29 is 9.50 Å². The van der Waals surface area contributed by atoms with E-state index in [-0.39, 0.29) is 17.2 Å². The van der Waals surface area contributed by atoms with Crippen molar-refractivity contribution >= 4 is 11.6 Å². The minimum Gasteiger partial charge on any atom is -0.392 e. The lowest BCUT2D eigenvalue weighted by Crippen LogP contribution is -2.38. The quantitative estimate of drug-likeness (QED) is 0.890. The molecule has 0 bridgehead atoms. The molecular weight excluding hydrogens is 265 g/mol. The zero-order chi connectivity index (χ0) is 14.0. The number of nitrogens with two attached hydrogens (primary N) is 1. The summed E-state index contributed by atoms with van der Waals surface area (Å²) < 4.78 is 13.1. The molecule has 106 valence electrons. The van der Waals surface area contributed by atoms with Crippen molar-refractivity contribution in [1.82, 2.24) is 0 Å². The van der Waals surface area contributed by atoms with Crippen molar-refractivity contribution in [2.24, 2.45) is 11.1 Å². The molecule has 0 spiro atoms. The van der Waals surface area contributed by atoms with Crippen LogP contribution in [0.25, 0.3) is 0 Å². The fourth-order valence-corrected chi connectivity index (χ4v) is 3.50. The van der Waals surface area contributed by atoms with Gasteiger partial charge in [0.05, 0.1) is 6.10 Å². The number of hydrogen-bond acceptors (Lipinski definition) is 2. The normalized spacial score (nSPS) is 21.3. The molecule has 0 aromatic heterocycles. The summed E-state index contributed by atoms with van der Waals surface area (Å²) >= 11 is 6.09. The van der Waals surface area contributed by atoms with Crippen molar-refractivity contribution in [3.8, 4) is 0 Å². The largest absolute Gasteiger partial charge is 0.392 e. The summed E-state index contributed by atoms with van der Waals surface area (Å²) in [4.78, 5) is 0. The summed E-state index contributed by atoms with van der Waals surface area (Å²) in [5.74, 6) is -0.609. The molecule has 4 heteroatoms. The van der Waals surface area contributed by atoms with Gasteiger partial charge in [-0.25, -0.2) is 4.39 Å². The lowest BCUT2D eigenvalue weighted by molar-refractivity contribution is 0.0213. The van der Waals surface area contributed by atoms with Crippen molar-refractivity contribution in [1.29, 1.82) is 0 Å². The zero-order valence-electron chi connectivity index (χ0n) is 11.2. The van der Waals surface area contributed by atoms with Crippen LogP contribution in [0.4, 0.5) is 4.39 Å². The summed E-state index contributed by atoms with van der Waals surface area (Å²) in [5.41, 5.74) is 6.46. The van der Waals surface area contributed by atoms with E-state index >= 15 is 0 Å². The second kappa shape index (κ2) is 5.78. The molecule has 2 rings (SSSR count). The van der Waals surface area contributed by atoms with E-state index in [1.807, 2.05) is 0 Å². The molecule has 0 aliphatic heterocycles. The van der Waals surface area contributed by atoms with Crippen LogP contribution in [-0.2, 0) is 0 Å². The first-order valence-electron chi connectivity index (χ1n) is 6.81. The van der Waals surface area contributed by atoms with Crippen molar-refractivity contribution in [2.75, 3.05) is 6.54 Å². The van der Waals surface area contributed by atoms with Crippen LogP contribution in [0.5, 0.6) is 0 Å². The molecular formula is C15H21ClFNO. The first kappa shape index (κ1) is 14.8. The standard InChI is InChI=1S/C15H21ClFNO/c1-15(6-2-3-7-15)14(19)12(9-18)11-5-4-10(17)8-13(11)16/h4-5,8,12,14,19H,2-3,6-7,9,18H2,1H3. The second-order valence-electron chi connectivity index (χ2n) is 5.81. The Morgan fingerprint density at radius 3 is 2.58 bits per heavy atom. The predicted octanol–water partition coefficient (Wildman–Crippen LogP) is 3.46. The first-order chi connectivity index (χ1) is 8.98. The third-order valence-corrected chi connectivity index (χ3v) is 4.78. The smallest absolute Gasteiger partial charge is 0.124 e. The van der Waals surface area contributed by atoms with E-state index in [9.17, 15) is 9.50 Å². The van der Waals surface area contributed by atoms with E-state index in [0.29, 0.717) is 11.6 Å². The fourth-order valence-electron chi connectivity index (χ4n) is 3.19. The van der Waals surface area contributed by atoms with Gasteiger partial charge < -0.3 is 10.8 Å². The van der Waals surface area contributed by atoms with Crippen LogP contribution < -0.4 is 5.73 Å². The average Bonchev–Trinajstić information content (AvgIpc) is 2.81. The molecule has 0 amide bonds. The molecule has 0 saturated heterocycles. The summed E-state index contributed by atoms with van der Waals surface area (Å²) in [7, 11) is 0. The van der Waals surface area contributed by atoms with Gasteiger partial charge in [0.15, 0.2) is 0 Å². The summed E-state index contributed by atoms with van der Waals surface area (Å²) in [6, 6.07) is 4.29. The minimum atomic E-state index is -0.539. The number of aliphatic hydroxyl groups is 1. The topological polar surface area (TPSA) is 46.2 Å². The van der Waals surface area contributed by atoms with E-state index < -0.39 is 6.10 Å². The number of aliphatic hydroxyl groups excluding tert-OH is 1. The van der Waals surface area contributed by atoms with Gasteiger partial charge in [0.2, 0.25) is 0 Å². The highest BCUT2D eigenvalue weighted by Crippen LogP contribution is 2.45. The molecule has 0 radical (unpaired) electrons. The van der Waals surface area contributed by atoms with Gasteiger partial charge in [0.25, 0.3) is 0 Å². The third kappa shape index (κ3) is 2.93. The van der Waals surface area contributed by atoms with Crippen LogP contribution in [0, 0.1) is 11.2 Å². The van der Waals surface area contributed by atoms with Crippen LogP contribution in [-0.4, -0.2) is 17.8 Å². The molecule has 1 aromatic rings. The first-order valence-corrected chi connectivity index (χ1v) is 7.19. The Bertz CT molecular complexity index is 446. The van der Waals surface area contributed by atoms with E-state index in [4.69, 9.17) is 17.3 Å². The zero-order valence-corrected chi connectivity index (χ0v) is 12.0. The number of rotatable bonds is 4. The Hall–Kier alpha value is -0.640. The molecule has 2 nitrogen and oxygen atoms in total. The van der Waals surface area contributed by atoms with Crippen LogP contribution in [0.1, 0.15) is 44.1 Å². The van der Waals surface area contributed by atoms with Crippen LogP contribution in [0.3, 0.4) is 0 Å². The van der Waals surface area contributed by atoms with E-state index in [2.05, 4.69) is 6.92 Å². The highest BCUT2D eigenvalue weighted by atomic mass is 35.5. The third-order valence-electron chi connectivity index (χ3n) is 4.46. The Morgan fingerprint density at radius 2 is 2.05 bits per heavy atom. The van der Waals surface area contributed by atoms with Gasteiger partial charge in [-0.2, -0.15) is 0 Å². The fraction of sp³-hybridized carbons (Fsp3) is 0.600. The van der Waals surface area contributed by atoms with E-state index in [1.165, 1.54) is 12.1 Å². The molecule has 2 atom stereocenters. The lowest BCUT2D eigenvalue weighted by atomic mass is 9.74. The number of benzene rings is 1. The maximum Gasteiger partial charge on any atom is 0.124 e. The predicted molar refractivity (Wildman–Crippen MR) is 75.8 cm³/mol. The van der Waals surface area contributed by atoms with Gasteiger partial charge in [-0.3, -0.25) is 0 Å². The summed E-state index contributed by atoms with van der Waals surface area (Å²) in [5, 5.41) is 11.0. The van der Waals surface area contributed by atoms with Gasteiger partial charge >= 0.3 is 0 Å². The molecule has 19 heavy (non-hydrogen) atoms. The Balaban J connectivity index is 2.28.